The number of aryl methyl sites for hydroxylation is 1. The van der Waals surface area contributed by atoms with Crippen LogP contribution in [-0.2, 0) is 27.4 Å². The lowest BCUT2D eigenvalue weighted by molar-refractivity contribution is 0.106. The Kier molecular flexibility index (Phi) is 8.10. The molecule has 0 amide bonds. The number of hydrogen-bond acceptors (Lipinski definition) is 6. The van der Waals surface area contributed by atoms with Crippen molar-refractivity contribution in [2.24, 2.45) is 0 Å². The van der Waals surface area contributed by atoms with Crippen LogP contribution in [0.3, 0.4) is 0 Å². The van der Waals surface area contributed by atoms with E-state index in [1.54, 1.807) is 7.11 Å². The first kappa shape index (κ1) is 25.5. The second-order valence-corrected chi connectivity index (χ2v) is 8.85. The summed E-state index contributed by atoms with van der Waals surface area (Å²) in [6, 6.07) is 16.1. The first-order valence-electron chi connectivity index (χ1n) is 12.1. The zero-order valence-electron chi connectivity index (χ0n) is 21.5. The van der Waals surface area contributed by atoms with Gasteiger partial charge in [-0.1, -0.05) is 47.6 Å². The largest absolute Gasteiger partial charge is 0.495 e. The van der Waals surface area contributed by atoms with E-state index in [9.17, 15) is 4.39 Å². The van der Waals surface area contributed by atoms with Gasteiger partial charge in [0.25, 0.3) is 0 Å². The Labute approximate surface area is 212 Å². The molecule has 1 aliphatic heterocycles. The molecule has 1 atom stereocenters. The summed E-state index contributed by atoms with van der Waals surface area (Å²) in [7, 11) is 1.65. The highest BCUT2D eigenvalue weighted by Gasteiger charge is 2.32. The topological polar surface area (TPSA) is 57.0 Å². The number of halogens is 1. The summed E-state index contributed by atoms with van der Waals surface area (Å²) in [6.45, 7) is 8.23. The molecule has 4 rings (SSSR count). The van der Waals surface area contributed by atoms with Crippen molar-refractivity contribution in [3.8, 4) is 11.1 Å². The monoisotopic (exact) mass is 492 g/mol. The summed E-state index contributed by atoms with van der Waals surface area (Å²) in [5, 5.41) is 4.11. The van der Waals surface area contributed by atoms with Crippen LogP contribution in [0.1, 0.15) is 36.2 Å². The fourth-order valence-electron chi connectivity index (χ4n) is 4.46. The smallest absolute Gasteiger partial charge is 0.235 e. The van der Waals surface area contributed by atoms with Crippen molar-refractivity contribution >= 4 is 5.88 Å². The molecule has 2 aromatic carbocycles. The number of rotatable bonds is 10. The van der Waals surface area contributed by atoms with Gasteiger partial charge in [0.2, 0.25) is 5.88 Å². The molecule has 1 aromatic heterocycles. The third-order valence-corrected chi connectivity index (χ3v) is 6.43. The van der Waals surface area contributed by atoms with Gasteiger partial charge in [0.05, 0.1) is 32.1 Å². The van der Waals surface area contributed by atoms with E-state index in [0.29, 0.717) is 30.6 Å². The van der Waals surface area contributed by atoms with Crippen molar-refractivity contribution in [1.29, 1.82) is 0 Å². The Balaban J connectivity index is 1.56. The number of hydrogen-bond donors (Lipinski definition) is 0. The number of anilines is 1. The number of alkyl halides is 1. The van der Waals surface area contributed by atoms with Crippen LogP contribution >= 0.6 is 0 Å². The van der Waals surface area contributed by atoms with Crippen LogP contribution < -0.4 is 4.90 Å². The molecule has 0 fully saturated rings. The van der Waals surface area contributed by atoms with Gasteiger partial charge in [0.15, 0.2) is 11.5 Å². The zero-order chi connectivity index (χ0) is 25.7. The summed E-state index contributed by atoms with van der Waals surface area (Å²) in [5.41, 5.74) is 6.95. The van der Waals surface area contributed by atoms with Gasteiger partial charge >= 0.3 is 0 Å². The van der Waals surface area contributed by atoms with E-state index in [1.807, 2.05) is 58.0 Å². The molecule has 0 saturated carbocycles. The minimum atomic E-state index is -0.508. The first-order valence-corrected chi connectivity index (χ1v) is 12.1. The zero-order valence-corrected chi connectivity index (χ0v) is 21.5. The molecule has 0 bridgehead atoms. The van der Waals surface area contributed by atoms with Gasteiger partial charge in [0, 0.05) is 17.3 Å². The second-order valence-electron chi connectivity index (χ2n) is 8.85. The van der Waals surface area contributed by atoms with Gasteiger partial charge in [-0.25, -0.2) is 4.39 Å². The molecule has 0 radical (unpaired) electrons. The summed E-state index contributed by atoms with van der Waals surface area (Å²) in [5.74, 6) is 2.09. The van der Waals surface area contributed by atoms with E-state index in [1.165, 1.54) is 0 Å². The molecule has 1 aliphatic rings. The standard InChI is InChI=1S/C29H33FN2O4/c1-19-15-27(28(33-5)22(4)32(19)29-20(2)21(3)31-36-29)35-17-23-11-12-26(24-9-7-6-8-10-24)25(16-23)18-34-14-13-30/h6-12,15-16,22H,13-14,17-18H2,1-5H3. The Bertz CT molecular complexity index is 1250. The molecule has 190 valence electrons. The SMILES string of the molecule is COC1=C(OCc2ccc(-c3ccccc3)c(COCCF)c2)C=C(C)N(c2onc(C)c2C)C1C. The normalized spacial score (nSPS) is 15.8. The Hall–Kier alpha value is -3.58. The highest BCUT2D eigenvalue weighted by atomic mass is 19.1. The Morgan fingerprint density at radius 1 is 1.06 bits per heavy atom. The van der Waals surface area contributed by atoms with Crippen LogP contribution in [0.2, 0.25) is 0 Å². The molecule has 1 unspecified atom stereocenters. The number of benzene rings is 2. The van der Waals surface area contributed by atoms with Gasteiger partial charge in [-0.2, -0.15) is 0 Å². The first-order chi connectivity index (χ1) is 17.4. The minimum absolute atomic E-state index is 0.0711. The maximum absolute atomic E-state index is 12.6. The van der Waals surface area contributed by atoms with Crippen LogP contribution in [0.4, 0.5) is 10.3 Å². The molecule has 36 heavy (non-hydrogen) atoms. The van der Waals surface area contributed by atoms with Crippen molar-refractivity contribution in [3.05, 3.63) is 94.2 Å². The number of nitrogens with zero attached hydrogens (tertiary/aromatic N) is 2. The van der Waals surface area contributed by atoms with E-state index in [4.69, 9.17) is 18.7 Å². The lowest BCUT2D eigenvalue weighted by Crippen LogP contribution is -2.37. The number of aromatic nitrogens is 1. The molecular formula is C29H33FN2O4. The molecule has 0 aliphatic carbocycles. The molecule has 7 heteroatoms. The van der Waals surface area contributed by atoms with E-state index >= 15 is 0 Å². The molecule has 2 heterocycles. The third-order valence-electron chi connectivity index (χ3n) is 6.43. The molecule has 6 nitrogen and oxygen atoms in total. The van der Waals surface area contributed by atoms with Gasteiger partial charge in [-0.3, -0.25) is 0 Å². The highest BCUT2D eigenvalue weighted by molar-refractivity contribution is 5.67. The van der Waals surface area contributed by atoms with Crippen molar-refractivity contribution in [3.63, 3.8) is 0 Å². The number of allylic oxidation sites excluding steroid dienone is 2. The summed E-state index contributed by atoms with van der Waals surface area (Å²) in [4.78, 5) is 2.07. The maximum atomic E-state index is 12.6. The van der Waals surface area contributed by atoms with Crippen molar-refractivity contribution < 1.29 is 23.1 Å². The lowest BCUT2D eigenvalue weighted by atomic mass is 9.98. The van der Waals surface area contributed by atoms with Gasteiger partial charge < -0.3 is 23.6 Å². The highest BCUT2D eigenvalue weighted by Crippen LogP contribution is 2.35. The number of methoxy groups -OCH3 is 1. The summed E-state index contributed by atoms with van der Waals surface area (Å²) >= 11 is 0. The molecular weight excluding hydrogens is 459 g/mol. The average molecular weight is 493 g/mol. The van der Waals surface area contributed by atoms with Crippen molar-refractivity contribution in [2.75, 3.05) is 25.3 Å². The van der Waals surface area contributed by atoms with Crippen LogP contribution in [0.15, 0.2) is 76.3 Å². The van der Waals surface area contributed by atoms with Gasteiger partial charge in [-0.15, -0.1) is 0 Å². The predicted octanol–water partition coefficient (Wildman–Crippen LogP) is 6.63. The van der Waals surface area contributed by atoms with Crippen LogP contribution in [0, 0.1) is 13.8 Å². The second kappa shape index (κ2) is 11.4. The molecule has 0 N–H and O–H groups in total. The van der Waals surface area contributed by atoms with Gasteiger partial charge in [-0.05, 0) is 56.0 Å². The summed E-state index contributed by atoms with van der Waals surface area (Å²) < 4.78 is 35.8. The van der Waals surface area contributed by atoms with Crippen LogP contribution in [-0.4, -0.2) is 31.6 Å². The van der Waals surface area contributed by atoms with E-state index < -0.39 is 6.67 Å². The average Bonchev–Trinajstić information content (AvgIpc) is 3.21. The Morgan fingerprint density at radius 2 is 1.83 bits per heavy atom. The minimum Gasteiger partial charge on any atom is -0.495 e. The van der Waals surface area contributed by atoms with E-state index in [0.717, 1.165) is 39.2 Å². The van der Waals surface area contributed by atoms with Crippen molar-refractivity contribution in [1.82, 2.24) is 5.16 Å². The van der Waals surface area contributed by atoms with Gasteiger partial charge in [0.1, 0.15) is 13.3 Å². The lowest BCUT2D eigenvalue weighted by Gasteiger charge is -2.34. The summed E-state index contributed by atoms with van der Waals surface area (Å²) in [6.07, 6.45) is 1.96. The fraction of sp³-hybridized carbons (Fsp3) is 0.345. The molecule has 0 spiro atoms. The predicted molar refractivity (Wildman–Crippen MR) is 138 cm³/mol. The van der Waals surface area contributed by atoms with Crippen LogP contribution in [0.25, 0.3) is 11.1 Å². The third kappa shape index (κ3) is 5.31. The van der Waals surface area contributed by atoms with Crippen molar-refractivity contribution in [2.45, 2.75) is 47.0 Å². The quantitative estimate of drug-likeness (QED) is 0.296. The Morgan fingerprint density at radius 3 is 2.50 bits per heavy atom. The van der Waals surface area contributed by atoms with E-state index in [-0.39, 0.29) is 12.6 Å². The molecule has 0 saturated heterocycles. The fourth-order valence-corrected chi connectivity index (χ4v) is 4.46. The van der Waals surface area contributed by atoms with E-state index in [2.05, 4.69) is 34.3 Å². The molecule has 3 aromatic rings. The number of ether oxygens (including phenoxy) is 3. The maximum Gasteiger partial charge on any atom is 0.235 e. The van der Waals surface area contributed by atoms with Crippen LogP contribution in [0.5, 0.6) is 0 Å².